The Kier molecular flexibility index (Phi) is 4.98. The van der Waals surface area contributed by atoms with Crippen LogP contribution < -0.4 is 10.5 Å². The normalized spacial score (nSPS) is 15.5. The summed E-state index contributed by atoms with van der Waals surface area (Å²) in [5.74, 6) is -0.299. The molecule has 0 spiro atoms. The number of anilines is 2. The molecule has 0 aliphatic carbocycles. The molecule has 0 bridgehead atoms. The van der Waals surface area contributed by atoms with Gasteiger partial charge < -0.3 is 0 Å². The molecule has 2 heterocycles. The largest absolute Gasteiger partial charge is 0.281 e. The Bertz CT molecular complexity index is 1340. The second kappa shape index (κ2) is 7.97. The number of para-hydroxylation sites is 2. The molecular weight excluding hydrogens is 396 g/mol. The monoisotopic (exact) mass is 420 g/mol. The molecule has 1 amide bonds. The maximum atomic E-state index is 14.0. The number of aryl methyl sites for hydroxylation is 2. The molecule has 1 aliphatic rings. The first kappa shape index (κ1) is 20.0. The Morgan fingerprint density at radius 3 is 1.97 bits per heavy atom. The average Bonchev–Trinajstić information content (AvgIpc) is 2.80. The van der Waals surface area contributed by atoms with Crippen LogP contribution in [0.1, 0.15) is 34.7 Å². The van der Waals surface area contributed by atoms with Crippen molar-refractivity contribution in [2.24, 2.45) is 0 Å². The fourth-order valence-electron chi connectivity index (χ4n) is 4.59. The predicted octanol–water partition coefficient (Wildman–Crippen LogP) is 5.65. The molecule has 1 atom stereocenters. The first-order valence-corrected chi connectivity index (χ1v) is 10.8. The maximum Gasteiger partial charge on any atom is 0.261 e. The SMILES string of the molecule is Cc1ccc(C2CC(=O)N(c3ccccc3)c3cc(C)n(-c4ccccc4)c(=O)c32)cc1. The Labute approximate surface area is 187 Å². The van der Waals surface area contributed by atoms with Crippen molar-refractivity contribution in [3.8, 4) is 5.69 Å². The molecule has 4 nitrogen and oxygen atoms in total. The topological polar surface area (TPSA) is 42.3 Å². The summed E-state index contributed by atoms with van der Waals surface area (Å²) in [6.07, 6.45) is 0.248. The van der Waals surface area contributed by atoms with E-state index in [1.807, 2.05) is 105 Å². The molecule has 4 heteroatoms. The number of hydrogen-bond donors (Lipinski definition) is 0. The highest BCUT2D eigenvalue weighted by molar-refractivity contribution is 6.04. The zero-order valence-corrected chi connectivity index (χ0v) is 18.2. The van der Waals surface area contributed by atoms with Gasteiger partial charge in [0.05, 0.1) is 11.3 Å². The van der Waals surface area contributed by atoms with Crippen molar-refractivity contribution in [3.63, 3.8) is 0 Å². The van der Waals surface area contributed by atoms with E-state index in [-0.39, 0.29) is 23.8 Å². The van der Waals surface area contributed by atoms with Crippen LogP contribution in [0, 0.1) is 13.8 Å². The van der Waals surface area contributed by atoms with Gasteiger partial charge in [0.1, 0.15) is 0 Å². The van der Waals surface area contributed by atoms with Gasteiger partial charge in [0.25, 0.3) is 5.56 Å². The molecule has 1 unspecified atom stereocenters. The van der Waals surface area contributed by atoms with Crippen molar-refractivity contribution >= 4 is 17.3 Å². The van der Waals surface area contributed by atoms with Gasteiger partial charge in [-0.05, 0) is 49.7 Å². The van der Waals surface area contributed by atoms with Crippen LogP contribution in [0.15, 0.2) is 95.8 Å². The molecule has 32 heavy (non-hydrogen) atoms. The molecule has 0 radical (unpaired) electrons. The van der Waals surface area contributed by atoms with E-state index < -0.39 is 0 Å². The molecule has 4 aromatic rings. The molecular formula is C28H24N2O2. The molecule has 0 fully saturated rings. The van der Waals surface area contributed by atoms with E-state index in [0.29, 0.717) is 11.3 Å². The highest BCUT2D eigenvalue weighted by atomic mass is 16.2. The van der Waals surface area contributed by atoms with Gasteiger partial charge in [0.15, 0.2) is 0 Å². The summed E-state index contributed by atoms with van der Waals surface area (Å²) in [5.41, 5.74) is 5.77. The van der Waals surface area contributed by atoms with E-state index >= 15 is 0 Å². The number of rotatable bonds is 3. The second-order valence-electron chi connectivity index (χ2n) is 8.29. The minimum absolute atomic E-state index is 0.00876. The number of hydrogen-bond acceptors (Lipinski definition) is 2. The molecule has 3 aromatic carbocycles. The van der Waals surface area contributed by atoms with Crippen LogP contribution >= 0.6 is 0 Å². The van der Waals surface area contributed by atoms with Crippen LogP contribution in [0.2, 0.25) is 0 Å². The summed E-state index contributed by atoms with van der Waals surface area (Å²) >= 11 is 0. The summed E-state index contributed by atoms with van der Waals surface area (Å²) in [7, 11) is 0. The third kappa shape index (κ3) is 3.34. The Morgan fingerprint density at radius 2 is 1.34 bits per heavy atom. The smallest absolute Gasteiger partial charge is 0.261 e. The van der Waals surface area contributed by atoms with E-state index in [0.717, 1.165) is 28.2 Å². The molecule has 1 aromatic heterocycles. The molecule has 0 saturated heterocycles. The first-order valence-electron chi connectivity index (χ1n) is 10.8. The molecule has 0 saturated carbocycles. The van der Waals surface area contributed by atoms with Gasteiger partial charge in [-0.15, -0.1) is 0 Å². The van der Waals surface area contributed by atoms with Crippen LogP contribution in [0.5, 0.6) is 0 Å². The Balaban J connectivity index is 1.79. The zero-order chi connectivity index (χ0) is 22.2. The third-order valence-electron chi connectivity index (χ3n) is 6.13. The van der Waals surface area contributed by atoms with Gasteiger partial charge in [0, 0.05) is 29.4 Å². The number of aromatic nitrogens is 1. The minimum atomic E-state index is -0.291. The van der Waals surface area contributed by atoms with Crippen LogP contribution in [0.25, 0.3) is 5.69 Å². The summed E-state index contributed by atoms with van der Waals surface area (Å²) in [6.45, 7) is 3.95. The van der Waals surface area contributed by atoms with Crippen LogP contribution in [-0.4, -0.2) is 10.5 Å². The number of fused-ring (bicyclic) bond motifs is 1. The lowest BCUT2D eigenvalue weighted by Gasteiger charge is -2.35. The van der Waals surface area contributed by atoms with Crippen LogP contribution in [0.3, 0.4) is 0 Å². The molecule has 1 aliphatic heterocycles. The van der Waals surface area contributed by atoms with Gasteiger partial charge in [-0.25, -0.2) is 0 Å². The number of carbonyl (C=O) groups is 1. The second-order valence-corrected chi connectivity index (χ2v) is 8.29. The summed E-state index contributed by atoms with van der Waals surface area (Å²) in [5, 5.41) is 0. The minimum Gasteiger partial charge on any atom is -0.281 e. The molecule has 158 valence electrons. The highest BCUT2D eigenvalue weighted by Crippen LogP contribution is 2.42. The standard InChI is InChI=1S/C28H24N2O2/c1-19-13-15-21(16-14-19)24-18-26(31)30(23-11-7-4-8-12-23)25-17-20(2)29(28(32)27(24)25)22-9-5-3-6-10-22/h3-17,24H,18H2,1-2H3. The number of amides is 1. The fraction of sp³-hybridized carbons (Fsp3) is 0.143. The first-order chi connectivity index (χ1) is 15.5. The highest BCUT2D eigenvalue weighted by Gasteiger charge is 2.36. The number of pyridine rings is 1. The summed E-state index contributed by atoms with van der Waals surface area (Å²) in [6, 6.07) is 29.3. The lowest BCUT2D eigenvalue weighted by molar-refractivity contribution is -0.118. The number of benzene rings is 3. The Hall–Kier alpha value is -3.92. The predicted molar refractivity (Wildman–Crippen MR) is 128 cm³/mol. The summed E-state index contributed by atoms with van der Waals surface area (Å²) < 4.78 is 1.75. The van der Waals surface area contributed by atoms with E-state index in [4.69, 9.17) is 0 Å². The third-order valence-corrected chi connectivity index (χ3v) is 6.13. The van der Waals surface area contributed by atoms with Crippen molar-refractivity contribution in [1.29, 1.82) is 0 Å². The lowest BCUT2D eigenvalue weighted by Crippen LogP contribution is -2.39. The fourth-order valence-corrected chi connectivity index (χ4v) is 4.59. The van der Waals surface area contributed by atoms with E-state index in [2.05, 4.69) is 0 Å². The van der Waals surface area contributed by atoms with Crippen molar-refractivity contribution < 1.29 is 4.79 Å². The van der Waals surface area contributed by atoms with Gasteiger partial charge >= 0.3 is 0 Å². The van der Waals surface area contributed by atoms with Crippen LogP contribution in [-0.2, 0) is 4.79 Å². The van der Waals surface area contributed by atoms with Crippen molar-refractivity contribution in [3.05, 3.63) is 124 Å². The Morgan fingerprint density at radius 1 is 0.750 bits per heavy atom. The van der Waals surface area contributed by atoms with Gasteiger partial charge in [-0.2, -0.15) is 0 Å². The number of nitrogens with zero attached hydrogens (tertiary/aromatic N) is 2. The quantitative estimate of drug-likeness (QED) is 0.429. The van der Waals surface area contributed by atoms with E-state index in [1.165, 1.54) is 0 Å². The van der Waals surface area contributed by atoms with Gasteiger partial charge in [-0.1, -0.05) is 66.2 Å². The van der Waals surface area contributed by atoms with E-state index in [1.54, 1.807) is 9.47 Å². The van der Waals surface area contributed by atoms with Crippen molar-refractivity contribution in [1.82, 2.24) is 4.57 Å². The summed E-state index contributed by atoms with van der Waals surface area (Å²) in [4.78, 5) is 29.1. The molecule has 5 rings (SSSR count). The van der Waals surface area contributed by atoms with Gasteiger partial charge in [0.2, 0.25) is 5.91 Å². The maximum absolute atomic E-state index is 14.0. The van der Waals surface area contributed by atoms with Crippen LogP contribution in [0.4, 0.5) is 11.4 Å². The van der Waals surface area contributed by atoms with Gasteiger partial charge in [-0.3, -0.25) is 19.1 Å². The van der Waals surface area contributed by atoms with Crippen molar-refractivity contribution in [2.45, 2.75) is 26.2 Å². The zero-order valence-electron chi connectivity index (χ0n) is 18.2. The average molecular weight is 421 g/mol. The molecule has 0 N–H and O–H groups in total. The lowest BCUT2D eigenvalue weighted by atomic mass is 9.84. The van der Waals surface area contributed by atoms with Crippen molar-refractivity contribution in [2.75, 3.05) is 4.90 Å². The number of carbonyl (C=O) groups excluding carboxylic acids is 1. The van der Waals surface area contributed by atoms with E-state index in [9.17, 15) is 9.59 Å².